The quantitative estimate of drug-likeness (QED) is 0.810. The molecule has 0 aromatic carbocycles. The van der Waals surface area contributed by atoms with Crippen LogP contribution in [-0.2, 0) is 9.53 Å². The first-order valence-corrected chi connectivity index (χ1v) is 5.73. The molecule has 0 unspecified atom stereocenters. The van der Waals surface area contributed by atoms with Crippen molar-refractivity contribution >= 4 is 12.1 Å². The summed E-state index contributed by atoms with van der Waals surface area (Å²) in [6.45, 7) is 9.07. The van der Waals surface area contributed by atoms with Crippen molar-refractivity contribution in [2.75, 3.05) is 7.05 Å². The first-order chi connectivity index (χ1) is 7.54. The Balaban J connectivity index is 0. The molecule has 0 bridgehead atoms. The number of aliphatic carboxylic acids is 1. The number of hydrogen-bond acceptors (Lipinski definition) is 4. The Morgan fingerprint density at radius 3 is 2.00 bits per heavy atom. The van der Waals surface area contributed by atoms with E-state index in [1.165, 1.54) is 7.05 Å². The Kier molecular flexibility index (Phi) is 7.62. The number of amides is 1. The molecule has 0 aromatic heterocycles. The Morgan fingerprint density at radius 1 is 1.28 bits per heavy atom. The van der Waals surface area contributed by atoms with E-state index < -0.39 is 23.7 Å². The number of nitrogens with zero attached hydrogens (tertiary/aromatic N) is 1. The monoisotopic (exact) mass is 262 g/mol. The van der Waals surface area contributed by atoms with Gasteiger partial charge in [0.25, 0.3) is 0 Å². The Bertz CT molecular complexity index is 284. The smallest absolute Gasteiger partial charge is 0.410 e. The SMILES string of the molecule is CC(C)C[C@@H](C(=O)O)N(C)C(=O)OC(C)(C)C.N. The van der Waals surface area contributed by atoms with E-state index in [9.17, 15) is 9.59 Å². The van der Waals surface area contributed by atoms with Gasteiger partial charge < -0.3 is 16.0 Å². The van der Waals surface area contributed by atoms with Crippen molar-refractivity contribution in [2.24, 2.45) is 5.92 Å². The van der Waals surface area contributed by atoms with Crippen LogP contribution in [0.1, 0.15) is 41.0 Å². The topological polar surface area (TPSA) is 102 Å². The third kappa shape index (κ3) is 7.11. The van der Waals surface area contributed by atoms with Crippen molar-refractivity contribution in [3.63, 3.8) is 0 Å². The zero-order chi connectivity index (χ0) is 13.8. The van der Waals surface area contributed by atoms with E-state index in [1.807, 2.05) is 13.8 Å². The van der Waals surface area contributed by atoms with Crippen molar-refractivity contribution in [1.29, 1.82) is 0 Å². The van der Waals surface area contributed by atoms with Crippen LogP contribution in [0.5, 0.6) is 0 Å². The summed E-state index contributed by atoms with van der Waals surface area (Å²) in [5, 5.41) is 9.09. The van der Waals surface area contributed by atoms with Gasteiger partial charge in [-0.1, -0.05) is 13.8 Å². The highest BCUT2D eigenvalue weighted by molar-refractivity contribution is 5.79. The fourth-order valence-electron chi connectivity index (χ4n) is 1.33. The molecule has 0 aliphatic rings. The molecular weight excluding hydrogens is 236 g/mol. The van der Waals surface area contributed by atoms with Crippen molar-refractivity contribution in [3.05, 3.63) is 0 Å². The van der Waals surface area contributed by atoms with E-state index >= 15 is 0 Å². The van der Waals surface area contributed by atoms with Gasteiger partial charge in [0, 0.05) is 7.05 Å². The van der Waals surface area contributed by atoms with E-state index in [1.54, 1.807) is 20.8 Å². The summed E-state index contributed by atoms with van der Waals surface area (Å²) < 4.78 is 5.14. The average Bonchev–Trinajstić information content (AvgIpc) is 2.09. The third-order valence-electron chi connectivity index (χ3n) is 2.13. The fraction of sp³-hybridized carbons (Fsp3) is 0.833. The molecule has 18 heavy (non-hydrogen) atoms. The van der Waals surface area contributed by atoms with E-state index in [4.69, 9.17) is 9.84 Å². The van der Waals surface area contributed by atoms with Gasteiger partial charge in [-0.3, -0.25) is 4.90 Å². The first-order valence-electron chi connectivity index (χ1n) is 5.73. The van der Waals surface area contributed by atoms with Gasteiger partial charge in [0.05, 0.1) is 0 Å². The van der Waals surface area contributed by atoms with Gasteiger partial charge >= 0.3 is 12.1 Å². The molecule has 108 valence electrons. The minimum Gasteiger partial charge on any atom is -0.480 e. The van der Waals surface area contributed by atoms with Gasteiger partial charge in [0.15, 0.2) is 0 Å². The molecule has 4 N–H and O–H groups in total. The molecule has 0 aliphatic carbocycles. The summed E-state index contributed by atoms with van der Waals surface area (Å²) in [5.74, 6) is -0.812. The second-order valence-electron chi connectivity index (χ2n) is 5.57. The second-order valence-corrected chi connectivity index (χ2v) is 5.57. The minimum absolute atomic E-state index is 0. The summed E-state index contributed by atoms with van der Waals surface area (Å²) >= 11 is 0. The first kappa shape index (κ1) is 19.0. The van der Waals surface area contributed by atoms with Gasteiger partial charge in [-0.15, -0.1) is 0 Å². The molecule has 0 fully saturated rings. The van der Waals surface area contributed by atoms with Crippen LogP contribution in [0.25, 0.3) is 0 Å². The van der Waals surface area contributed by atoms with E-state index in [-0.39, 0.29) is 12.1 Å². The molecular formula is C12H26N2O4. The maximum Gasteiger partial charge on any atom is 0.410 e. The summed E-state index contributed by atoms with van der Waals surface area (Å²) in [5.41, 5.74) is -0.619. The van der Waals surface area contributed by atoms with Crippen LogP contribution in [0.2, 0.25) is 0 Å². The summed E-state index contributed by atoms with van der Waals surface area (Å²) in [6, 6.07) is -0.843. The van der Waals surface area contributed by atoms with Gasteiger partial charge in [-0.2, -0.15) is 0 Å². The number of carboxylic acids is 1. The molecule has 0 heterocycles. The lowest BCUT2D eigenvalue weighted by molar-refractivity contribution is -0.143. The predicted molar refractivity (Wildman–Crippen MR) is 69.9 cm³/mol. The standard InChI is InChI=1S/C12H23NO4.H3N/c1-8(2)7-9(10(14)15)13(6)11(16)17-12(3,4)5;/h8-9H,7H2,1-6H3,(H,14,15);1H3/t9-;/m0./s1. The Morgan fingerprint density at radius 2 is 1.72 bits per heavy atom. The molecule has 6 heteroatoms. The zero-order valence-corrected chi connectivity index (χ0v) is 12.2. The van der Waals surface area contributed by atoms with Crippen molar-refractivity contribution in [1.82, 2.24) is 11.1 Å². The molecule has 0 spiro atoms. The lowest BCUT2D eigenvalue weighted by atomic mass is 10.0. The minimum atomic E-state index is -1.01. The molecule has 0 saturated heterocycles. The zero-order valence-electron chi connectivity index (χ0n) is 12.2. The molecule has 0 rings (SSSR count). The normalized spacial score (nSPS) is 12.6. The largest absolute Gasteiger partial charge is 0.480 e. The van der Waals surface area contributed by atoms with Crippen molar-refractivity contribution in [3.8, 4) is 0 Å². The molecule has 6 nitrogen and oxygen atoms in total. The third-order valence-corrected chi connectivity index (χ3v) is 2.13. The predicted octanol–water partition coefficient (Wildman–Crippen LogP) is 2.51. The van der Waals surface area contributed by atoms with Crippen molar-refractivity contribution in [2.45, 2.75) is 52.7 Å². The van der Waals surface area contributed by atoms with E-state index in [2.05, 4.69) is 0 Å². The van der Waals surface area contributed by atoms with Gasteiger partial charge in [-0.25, -0.2) is 9.59 Å². The number of rotatable bonds is 4. The number of likely N-dealkylation sites (N-methyl/N-ethyl adjacent to an activating group) is 1. The maximum atomic E-state index is 11.7. The Labute approximate surface area is 109 Å². The highest BCUT2D eigenvalue weighted by Crippen LogP contribution is 2.15. The van der Waals surface area contributed by atoms with E-state index in [0.29, 0.717) is 6.42 Å². The van der Waals surface area contributed by atoms with Crippen molar-refractivity contribution < 1.29 is 19.4 Å². The molecule has 0 radical (unpaired) electrons. The molecule has 0 aliphatic heterocycles. The van der Waals surface area contributed by atoms with Crippen LogP contribution in [0, 0.1) is 5.92 Å². The average molecular weight is 262 g/mol. The highest BCUT2D eigenvalue weighted by atomic mass is 16.6. The van der Waals surface area contributed by atoms with Crippen LogP contribution >= 0.6 is 0 Å². The molecule has 1 amide bonds. The molecule has 1 atom stereocenters. The highest BCUT2D eigenvalue weighted by Gasteiger charge is 2.30. The summed E-state index contributed by atoms with van der Waals surface area (Å²) in [4.78, 5) is 24.0. The van der Waals surface area contributed by atoms with Gasteiger partial charge in [0.1, 0.15) is 11.6 Å². The van der Waals surface area contributed by atoms with Gasteiger partial charge in [-0.05, 0) is 33.1 Å². The second kappa shape index (κ2) is 7.20. The van der Waals surface area contributed by atoms with Gasteiger partial charge in [0.2, 0.25) is 0 Å². The Hall–Kier alpha value is -1.30. The number of hydrogen-bond donors (Lipinski definition) is 2. The number of carboxylic acid groups (broad SMARTS) is 1. The lowest BCUT2D eigenvalue weighted by Crippen LogP contribution is -2.45. The van der Waals surface area contributed by atoms with Crippen LogP contribution in [0.3, 0.4) is 0 Å². The number of ether oxygens (including phenoxy) is 1. The fourth-order valence-corrected chi connectivity index (χ4v) is 1.33. The number of carbonyl (C=O) groups excluding carboxylic acids is 1. The van der Waals surface area contributed by atoms with Crippen LogP contribution in [0.4, 0.5) is 4.79 Å². The number of carbonyl (C=O) groups is 2. The summed E-state index contributed by atoms with van der Waals surface area (Å²) in [6.07, 6.45) is -0.198. The van der Waals surface area contributed by atoms with Crippen LogP contribution in [0.15, 0.2) is 0 Å². The van der Waals surface area contributed by atoms with Crippen LogP contribution < -0.4 is 6.15 Å². The molecule has 0 saturated carbocycles. The summed E-state index contributed by atoms with van der Waals surface area (Å²) in [7, 11) is 1.45. The maximum absolute atomic E-state index is 11.7. The van der Waals surface area contributed by atoms with E-state index in [0.717, 1.165) is 4.90 Å². The van der Waals surface area contributed by atoms with Crippen LogP contribution in [-0.4, -0.2) is 40.8 Å². The lowest BCUT2D eigenvalue weighted by Gasteiger charge is -2.29. The molecule has 0 aromatic rings.